The van der Waals surface area contributed by atoms with Crippen LogP contribution < -0.4 is 14.8 Å². The molecule has 0 fully saturated rings. The number of carbonyl (C=O) groups is 1. The van der Waals surface area contributed by atoms with E-state index in [0.717, 1.165) is 27.5 Å². The molecule has 1 aliphatic heterocycles. The summed E-state index contributed by atoms with van der Waals surface area (Å²) in [5.41, 5.74) is 1.80. The molecule has 2 heterocycles. The molecule has 0 aliphatic carbocycles. The maximum atomic E-state index is 13.6. The Morgan fingerprint density at radius 1 is 1.10 bits per heavy atom. The number of thiophene rings is 1. The highest BCUT2D eigenvalue weighted by Gasteiger charge is 2.18. The lowest BCUT2D eigenvalue weighted by Crippen LogP contribution is -2.34. The van der Waals surface area contributed by atoms with E-state index in [1.54, 1.807) is 6.07 Å². The number of carbonyl (C=O) groups excluding carboxylic acids is 1. The summed E-state index contributed by atoms with van der Waals surface area (Å²) >= 11 is 1.42. The number of nitrogens with zero attached hydrogens (tertiary/aromatic N) is 1. The molecule has 1 atom stereocenters. The molecule has 1 aliphatic rings. The largest absolute Gasteiger partial charge is 0.486 e. The van der Waals surface area contributed by atoms with E-state index in [9.17, 15) is 9.18 Å². The third kappa shape index (κ3) is 4.47. The smallest absolute Gasteiger partial charge is 0.261 e. The van der Waals surface area contributed by atoms with Crippen LogP contribution in [0.2, 0.25) is 0 Å². The van der Waals surface area contributed by atoms with Crippen molar-refractivity contribution in [1.29, 1.82) is 0 Å². The van der Waals surface area contributed by atoms with Crippen LogP contribution in [-0.4, -0.2) is 44.7 Å². The first kappa shape index (κ1) is 20.4. The zero-order chi connectivity index (χ0) is 21.1. The number of nitrogens with one attached hydrogen (secondary N) is 1. The van der Waals surface area contributed by atoms with E-state index in [1.165, 1.54) is 23.5 Å². The van der Waals surface area contributed by atoms with E-state index in [1.807, 2.05) is 55.4 Å². The van der Waals surface area contributed by atoms with E-state index in [4.69, 9.17) is 9.47 Å². The second-order valence-corrected chi connectivity index (χ2v) is 8.35. The number of ether oxygens (including phenoxy) is 2. The van der Waals surface area contributed by atoms with Gasteiger partial charge in [0, 0.05) is 11.4 Å². The lowest BCUT2D eigenvalue weighted by atomic mass is 10.1. The summed E-state index contributed by atoms with van der Waals surface area (Å²) in [5.74, 6) is 1.04. The quantitative estimate of drug-likeness (QED) is 0.636. The highest BCUT2D eigenvalue weighted by atomic mass is 32.1. The molecule has 7 heteroatoms. The fourth-order valence-corrected chi connectivity index (χ4v) is 4.32. The van der Waals surface area contributed by atoms with E-state index in [2.05, 4.69) is 5.32 Å². The molecule has 1 aromatic heterocycles. The number of hydrogen-bond donors (Lipinski definition) is 1. The van der Waals surface area contributed by atoms with Gasteiger partial charge >= 0.3 is 0 Å². The summed E-state index contributed by atoms with van der Waals surface area (Å²) in [6.07, 6.45) is 0. The van der Waals surface area contributed by atoms with Crippen LogP contribution in [0.4, 0.5) is 4.39 Å². The molecule has 2 aromatic carbocycles. The Morgan fingerprint density at radius 3 is 2.67 bits per heavy atom. The Labute approximate surface area is 179 Å². The van der Waals surface area contributed by atoms with Crippen molar-refractivity contribution < 1.29 is 18.7 Å². The second kappa shape index (κ2) is 8.85. The number of rotatable bonds is 6. The van der Waals surface area contributed by atoms with Gasteiger partial charge in [0.1, 0.15) is 19.0 Å². The third-order valence-electron chi connectivity index (χ3n) is 4.97. The number of benzene rings is 2. The highest BCUT2D eigenvalue weighted by Crippen LogP contribution is 2.36. The molecular formula is C23H23FN2O3S. The first-order chi connectivity index (χ1) is 14.5. The minimum absolute atomic E-state index is 0.123. The Balaban J connectivity index is 1.45. The molecule has 156 valence electrons. The number of amides is 1. The maximum Gasteiger partial charge on any atom is 0.261 e. The van der Waals surface area contributed by atoms with Crippen molar-refractivity contribution in [2.75, 3.05) is 33.9 Å². The predicted octanol–water partition coefficient (Wildman–Crippen LogP) is 4.36. The Bertz CT molecular complexity index is 1050. The summed E-state index contributed by atoms with van der Waals surface area (Å²) in [4.78, 5) is 16.3. The molecule has 0 saturated carbocycles. The van der Waals surface area contributed by atoms with Crippen molar-refractivity contribution in [3.63, 3.8) is 0 Å². The topological polar surface area (TPSA) is 50.8 Å². The molecule has 1 unspecified atom stereocenters. The average Bonchev–Trinajstić information content (AvgIpc) is 3.24. The minimum Gasteiger partial charge on any atom is -0.486 e. The molecular weight excluding hydrogens is 403 g/mol. The van der Waals surface area contributed by atoms with Crippen LogP contribution in [0.15, 0.2) is 54.6 Å². The first-order valence-corrected chi connectivity index (χ1v) is 10.5. The van der Waals surface area contributed by atoms with Crippen molar-refractivity contribution in [2.24, 2.45) is 0 Å². The summed E-state index contributed by atoms with van der Waals surface area (Å²) in [7, 11) is 3.82. The Kier molecular flexibility index (Phi) is 6.01. The van der Waals surface area contributed by atoms with Crippen LogP contribution >= 0.6 is 11.3 Å². The van der Waals surface area contributed by atoms with Crippen molar-refractivity contribution in [3.05, 3.63) is 70.9 Å². The van der Waals surface area contributed by atoms with Gasteiger partial charge in [0.25, 0.3) is 5.91 Å². The van der Waals surface area contributed by atoms with Crippen molar-refractivity contribution in [1.82, 2.24) is 10.2 Å². The van der Waals surface area contributed by atoms with Gasteiger partial charge in [-0.3, -0.25) is 4.79 Å². The van der Waals surface area contributed by atoms with Crippen LogP contribution in [0.5, 0.6) is 11.5 Å². The van der Waals surface area contributed by atoms with Crippen LogP contribution in [0, 0.1) is 5.82 Å². The fraction of sp³-hybridized carbons (Fsp3) is 0.261. The maximum absolute atomic E-state index is 13.6. The minimum atomic E-state index is -0.284. The van der Waals surface area contributed by atoms with Gasteiger partial charge < -0.3 is 19.7 Å². The van der Waals surface area contributed by atoms with Gasteiger partial charge in [-0.15, -0.1) is 11.3 Å². The predicted molar refractivity (Wildman–Crippen MR) is 116 cm³/mol. The highest BCUT2D eigenvalue weighted by molar-refractivity contribution is 7.17. The summed E-state index contributed by atoms with van der Waals surface area (Å²) in [6, 6.07) is 15.9. The van der Waals surface area contributed by atoms with Crippen molar-refractivity contribution >= 4 is 17.2 Å². The van der Waals surface area contributed by atoms with Gasteiger partial charge in [-0.1, -0.05) is 12.1 Å². The Morgan fingerprint density at radius 2 is 1.90 bits per heavy atom. The molecule has 5 nitrogen and oxygen atoms in total. The molecule has 30 heavy (non-hydrogen) atoms. The van der Waals surface area contributed by atoms with Crippen LogP contribution in [0.1, 0.15) is 21.3 Å². The van der Waals surface area contributed by atoms with E-state index < -0.39 is 0 Å². The van der Waals surface area contributed by atoms with Crippen molar-refractivity contribution in [2.45, 2.75) is 6.04 Å². The van der Waals surface area contributed by atoms with Crippen molar-refractivity contribution in [3.8, 4) is 21.9 Å². The van der Waals surface area contributed by atoms with Crippen LogP contribution in [-0.2, 0) is 0 Å². The molecule has 0 bridgehead atoms. The van der Waals surface area contributed by atoms with Crippen LogP contribution in [0.25, 0.3) is 10.4 Å². The molecule has 0 saturated heterocycles. The van der Waals surface area contributed by atoms with E-state index >= 15 is 0 Å². The molecule has 3 aromatic rings. The van der Waals surface area contributed by atoms with Gasteiger partial charge in [-0.25, -0.2) is 4.39 Å². The summed E-state index contributed by atoms with van der Waals surface area (Å²) in [5, 5.41) is 2.98. The summed E-state index contributed by atoms with van der Waals surface area (Å²) in [6.45, 7) is 1.47. The molecule has 0 spiro atoms. The number of halogens is 1. The first-order valence-electron chi connectivity index (χ1n) is 9.71. The molecule has 0 radical (unpaired) electrons. The Hall–Kier alpha value is -2.90. The number of likely N-dealkylation sites (N-methyl/N-ethyl adjacent to an activating group) is 1. The molecule has 1 amide bonds. The lowest BCUT2D eigenvalue weighted by Gasteiger charge is -2.25. The van der Waals surface area contributed by atoms with Gasteiger partial charge in [0.15, 0.2) is 11.5 Å². The second-order valence-electron chi connectivity index (χ2n) is 7.27. The van der Waals surface area contributed by atoms with Gasteiger partial charge in [-0.05, 0) is 67.7 Å². The van der Waals surface area contributed by atoms with Crippen LogP contribution in [0.3, 0.4) is 0 Å². The fourth-order valence-electron chi connectivity index (χ4n) is 3.40. The molecule has 4 rings (SSSR count). The monoisotopic (exact) mass is 426 g/mol. The number of hydrogen-bond acceptors (Lipinski definition) is 5. The van der Waals surface area contributed by atoms with E-state index in [0.29, 0.717) is 24.6 Å². The summed E-state index contributed by atoms with van der Waals surface area (Å²) < 4.78 is 24.8. The normalized spacial score (nSPS) is 13.9. The van der Waals surface area contributed by atoms with Gasteiger partial charge in [0.05, 0.1) is 10.9 Å². The zero-order valence-electron chi connectivity index (χ0n) is 16.9. The average molecular weight is 427 g/mol. The van der Waals surface area contributed by atoms with Gasteiger partial charge in [-0.2, -0.15) is 0 Å². The van der Waals surface area contributed by atoms with E-state index in [-0.39, 0.29) is 17.8 Å². The number of fused-ring (bicyclic) bond motifs is 1. The third-order valence-corrected chi connectivity index (χ3v) is 6.10. The lowest BCUT2D eigenvalue weighted by molar-refractivity contribution is 0.0946. The molecule has 1 N–H and O–H groups in total. The SMILES string of the molecule is CN(C)C(CNC(=O)c1ccc(-c2ccc3c(c2)OCCO3)s1)c1cccc(F)c1. The zero-order valence-corrected chi connectivity index (χ0v) is 17.7. The standard InChI is InChI=1S/C23H23FN2O3S/c1-26(2)18(15-4-3-5-17(24)12-15)14-25-23(27)22-9-8-21(30-22)16-6-7-19-20(13-16)29-11-10-28-19/h3-9,12-13,18H,10-11,14H2,1-2H3,(H,25,27). The van der Waals surface area contributed by atoms with Gasteiger partial charge in [0.2, 0.25) is 0 Å².